The second kappa shape index (κ2) is 7.70. The Balaban J connectivity index is 1.64. The van der Waals surface area contributed by atoms with Gasteiger partial charge in [-0.05, 0) is 30.7 Å². The Labute approximate surface area is 145 Å². The maximum Gasteiger partial charge on any atom is 0.237 e. The molecule has 0 spiro atoms. The fraction of sp³-hybridized carbons (Fsp3) is 0.222. The molecule has 5 heteroatoms. The number of amides is 1. The molecule has 2 aromatic rings. The zero-order chi connectivity index (χ0) is 16.1. The summed E-state index contributed by atoms with van der Waals surface area (Å²) in [6.07, 6.45) is 0. The Hall–Kier alpha value is -1.72. The lowest BCUT2D eigenvalue weighted by atomic mass is 10.2. The average Bonchev–Trinajstić information content (AvgIpc) is 2.61. The fourth-order valence-corrected chi connectivity index (χ4v) is 4.34. The van der Waals surface area contributed by atoms with Crippen molar-refractivity contribution < 1.29 is 4.79 Å². The van der Waals surface area contributed by atoms with Crippen LogP contribution < -0.4 is 4.90 Å². The minimum Gasteiger partial charge on any atom is -0.312 e. The molecule has 23 heavy (non-hydrogen) atoms. The van der Waals surface area contributed by atoms with Crippen molar-refractivity contribution >= 4 is 45.2 Å². The van der Waals surface area contributed by atoms with Gasteiger partial charge in [0.2, 0.25) is 5.91 Å². The van der Waals surface area contributed by atoms with Gasteiger partial charge in [0, 0.05) is 18.0 Å². The van der Waals surface area contributed by atoms with Crippen molar-refractivity contribution in [3.05, 3.63) is 60.2 Å². The number of para-hydroxylation sites is 2. The van der Waals surface area contributed by atoms with Crippen molar-refractivity contribution in [1.82, 2.24) is 0 Å². The molecule has 0 atom stereocenters. The lowest BCUT2D eigenvalue weighted by molar-refractivity contribution is -0.116. The maximum atomic E-state index is 12.5. The molecule has 3 rings (SSSR count). The highest BCUT2D eigenvalue weighted by atomic mass is 32.2. The van der Waals surface area contributed by atoms with Crippen LogP contribution in [0.5, 0.6) is 0 Å². The number of anilines is 1. The number of carbonyl (C=O) groups is 1. The quantitative estimate of drug-likeness (QED) is 0.807. The van der Waals surface area contributed by atoms with Crippen LogP contribution >= 0.6 is 23.5 Å². The molecule has 1 aliphatic rings. The summed E-state index contributed by atoms with van der Waals surface area (Å²) in [4.78, 5) is 19.0. The van der Waals surface area contributed by atoms with Gasteiger partial charge in [0.1, 0.15) is 4.38 Å². The Morgan fingerprint density at radius 2 is 1.91 bits per heavy atom. The van der Waals surface area contributed by atoms with Gasteiger partial charge in [0.25, 0.3) is 0 Å². The normalized spacial score (nSPS) is 13.2. The summed E-state index contributed by atoms with van der Waals surface area (Å²) in [6.45, 7) is 2.67. The molecule has 0 saturated carbocycles. The average molecular weight is 342 g/mol. The summed E-state index contributed by atoms with van der Waals surface area (Å²) >= 11 is 3.23. The van der Waals surface area contributed by atoms with Crippen LogP contribution in [0.2, 0.25) is 0 Å². The van der Waals surface area contributed by atoms with Crippen LogP contribution in [0.25, 0.3) is 0 Å². The Morgan fingerprint density at radius 3 is 2.70 bits per heavy atom. The zero-order valence-corrected chi connectivity index (χ0v) is 14.6. The molecule has 1 amide bonds. The highest BCUT2D eigenvalue weighted by molar-refractivity contribution is 8.38. The van der Waals surface area contributed by atoms with Gasteiger partial charge in [-0.25, -0.2) is 4.99 Å². The van der Waals surface area contributed by atoms with Crippen LogP contribution in [-0.2, 0) is 10.5 Å². The third-order valence-electron chi connectivity index (χ3n) is 3.56. The zero-order valence-electron chi connectivity index (χ0n) is 12.9. The van der Waals surface area contributed by atoms with Crippen molar-refractivity contribution in [2.75, 3.05) is 17.2 Å². The first-order chi connectivity index (χ1) is 11.3. The van der Waals surface area contributed by atoms with Crippen molar-refractivity contribution in [1.29, 1.82) is 0 Å². The minimum atomic E-state index is 0.117. The molecule has 0 unspecified atom stereocenters. The van der Waals surface area contributed by atoms with E-state index in [1.54, 1.807) is 11.8 Å². The molecule has 1 heterocycles. The molecule has 0 radical (unpaired) electrons. The van der Waals surface area contributed by atoms with Crippen LogP contribution in [0.15, 0.2) is 59.6 Å². The van der Waals surface area contributed by atoms with Gasteiger partial charge < -0.3 is 4.90 Å². The van der Waals surface area contributed by atoms with Crippen molar-refractivity contribution in [2.24, 2.45) is 4.99 Å². The second-order valence-electron chi connectivity index (χ2n) is 5.06. The predicted molar refractivity (Wildman–Crippen MR) is 102 cm³/mol. The van der Waals surface area contributed by atoms with E-state index in [1.165, 1.54) is 17.3 Å². The molecular formula is C18H18N2OS2. The van der Waals surface area contributed by atoms with E-state index in [0.717, 1.165) is 21.5 Å². The lowest BCUT2D eigenvalue weighted by Crippen LogP contribution is -2.32. The maximum absolute atomic E-state index is 12.5. The molecule has 1 aliphatic heterocycles. The molecule has 3 nitrogen and oxygen atoms in total. The predicted octanol–water partition coefficient (Wildman–Crippen LogP) is 4.71. The van der Waals surface area contributed by atoms with Crippen molar-refractivity contribution in [3.63, 3.8) is 0 Å². The molecule has 118 valence electrons. The first kappa shape index (κ1) is 16.1. The Morgan fingerprint density at radius 1 is 1.17 bits per heavy atom. The van der Waals surface area contributed by atoms with Gasteiger partial charge >= 0.3 is 0 Å². The van der Waals surface area contributed by atoms with Gasteiger partial charge in [0.15, 0.2) is 0 Å². The Bertz CT molecular complexity index is 716. The lowest BCUT2D eigenvalue weighted by Gasteiger charge is -2.21. The smallest absolute Gasteiger partial charge is 0.237 e. The molecule has 0 N–H and O–H groups in total. The van der Waals surface area contributed by atoms with E-state index < -0.39 is 0 Å². The van der Waals surface area contributed by atoms with E-state index in [9.17, 15) is 4.79 Å². The minimum absolute atomic E-state index is 0.117. The van der Waals surface area contributed by atoms with Crippen LogP contribution in [0, 0.1) is 0 Å². The van der Waals surface area contributed by atoms with E-state index in [-0.39, 0.29) is 5.91 Å². The van der Waals surface area contributed by atoms with Gasteiger partial charge in [0.05, 0.1) is 11.4 Å². The number of aliphatic imine (C=N–C) groups is 1. The molecule has 0 saturated heterocycles. The summed E-state index contributed by atoms with van der Waals surface area (Å²) in [5.41, 5.74) is 3.23. The molecule has 0 fully saturated rings. The van der Waals surface area contributed by atoms with E-state index >= 15 is 0 Å². The molecule has 2 aromatic carbocycles. The monoisotopic (exact) mass is 342 g/mol. The highest BCUT2D eigenvalue weighted by Crippen LogP contribution is 2.34. The summed E-state index contributed by atoms with van der Waals surface area (Å²) in [5.74, 6) is 1.45. The number of hydrogen-bond acceptors (Lipinski definition) is 4. The Kier molecular flexibility index (Phi) is 5.41. The molecule has 0 aliphatic carbocycles. The highest BCUT2D eigenvalue weighted by Gasteiger charge is 2.17. The van der Waals surface area contributed by atoms with E-state index in [1.807, 2.05) is 60.4 Å². The number of thioether (sulfide) groups is 2. The van der Waals surface area contributed by atoms with Gasteiger partial charge in [-0.15, -0.1) is 0 Å². The number of carbonyl (C=O) groups excluding carboxylic acids is 1. The third kappa shape index (κ3) is 3.98. The first-order valence-electron chi connectivity index (χ1n) is 7.55. The van der Waals surface area contributed by atoms with E-state index in [2.05, 4.69) is 11.1 Å². The summed E-state index contributed by atoms with van der Waals surface area (Å²) in [5, 5.41) is 0. The number of rotatable bonds is 4. The summed E-state index contributed by atoms with van der Waals surface area (Å²) in [7, 11) is 0. The van der Waals surface area contributed by atoms with Crippen molar-refractivity contribution in [3.8, 4) is 0 Å². The number of fused-ring (bicyclic) bond motifs is 1. The number of nitrogens with zero attached hydrogens (tertiary/aromatic N) is 2. The fourth-order valence-electron chi connectivity index (χ4n) is 2.40. The standard InChI is InChI=1S/C18H18N2OS2/c1-2-20(15-9-4-3-5-10-15)17(21)13-23-18-19-16-11-7-6-8-14(16)12-22-18/h3-11H,2,12-13H2,1H3. The van der Waals surface area contributed by atoms with Crippen LogP contribution in [-0.4, -0.2) is 22.6 Å². The van der Waals surface area contributed by atoms with E-state index in [4.69, 9.17) is 0 Å². The largest absolute Gasteiger partial charge is 0.312 e. The van der Waals surface area contributed by atoms with Crippen LogP contribution in [0.4, 0.5) is 11.4 Å². The second-order valence-corrected chi connectivity index (χ2v) is 7.24. The van der Waals surface area contributed by atoms with Gasteiger partial charge in [-0.2, -0.15) is 0 Å². The SMILES string of the molecule is CCN(C(=O)CSC1=Nc2ccccc2CS1)c1ccccc1. The topological polar surface area (TPSA) is 32.7 Å². The summed E-state index contributed by atoms with van der Waals surface area (Å²) in [6, 6.07) is 18.0. The molecular weight excluding hydrogens is 324 g/mol. The van der Waals surface area contributed by atoms with Gasteiger partial charge in [-0.1, -0.05) is 59.9 Å². The van der Waals surface area contributed by atoms with Crippen molar-refractivity contribution in [2.45, 2.75) is 12.7 Å². The molecule has 0 bridgehead atoms. The summed E-state index contributed by atoms with van der Waals surface area (Å²) < 4.78 is 0.973. The third-order valence-corrected chi connectivity index (χ3v) is 5.79. The molecule has 0 aromatic heterocycles. The van der Waals surface area contributed by atoms with Crippen LogP contribution in [0.1, 0.15) is 12.5 Å². The first-order valence-corrected chi connectivity index (χ1v) is 9.52. The van der Waals surface area contributed by atoms with Crippen LogP contribution in [0.3, 0.4) is 0 Å². The number of benzene rings is 2. The van der Waals surface area contributed by atoms with E-state index in [0.29, 0.717) is 12.3 Å². The van der Waals surface area contributed by atoms with Gasteiger partial charge in [-0.3, -0.25) is 4.79 Å². The number of hydrogen-bond donors (Lipinski definition) is 0.